The van der Waals surface area contributed by atoms with Crippen molar-refractivity contribution < 1.29 is 18.1 Å². The Morgan fingerprint density at radius 2 is 1.73 bits per heavy atom. The number of nitrogens with zero attached hydrogens (tertiary/aromatic N) is 1. The maximum absolute atomic E-state index is 12.4. The van der Waals surface area contributed by atoms with E-state index in [2.05, 4.69) is 10.0 Å². The van der Waals surface area contributed by atoms with E-state index in [1.165, 1.54) is 31.2 Å². The third-order valence-electron chi connectivity index (χ3n) is 4.04. The Balaban J connectivity index is 1.75. The van der Waals surface area contributed by atoms with Gasteiger partial charge in [-0.2, -0.15) is 0 Å². The predicted molar refractivity (Wildman–Crippen MR) is 96.4 cm³/mol. The van der Waals surface area contributed by atoms with Crippen LogP contribution in [-0.2, 0) is 14.8 Å². The van der Waals surface area contributed by atoms with Gasteiger partial charge in [0.2, 0.25) is 5.91 Å². The third-order valence-corrected chi connectivity index (χ3v) is 5.42. The molecule has 0 saturated heterocycles. The molecule has 2 aromatic carbocycles. The molecule has 2 aromatic rings. The van der Waals surface area contributed by atoms with Crippen LogP contribution in [-0.4, -0.2) is 19.2 Å². The molecule has 136 valence electrons. The molecule has 0 radical (unpaired) electrons. The van der Waals surface area contributed by atoms with Gasteiger partial charge >= 0.3 is 0 Å². The molecular formula is C17H17N3O5S. The van der Waals surface area contributed by atoms with Gasteiger partial charge in [-0.15, -0.1) is 0 Å². The second kappa shape index (κ2) is 6.75. The number of rotatable bonds is 6. The van der Waals surface area contributed by atoms with Gasteiger partial charge < -0.3 is 5.32 Å². The van der Waals surface area contributed by atoms with Crippen molar-refractivity contribution in [2.75, 3.05) is 10.0 Å². The fourth-order valence-corrected chi connectivity index (χ4v) is 3.46. The summed E-state index contributed by atoms with van der Waals surface area (Å²) in [6.45, 7) is 1.54. The molecule has 0 spiro atoms. The first-order valence-electron chi connectivity index (χ1n) is 7.95. The van der Waals surface area contributed by atoms with Crippen LogP contribution >= 0.6 is 0 Å². The lowest BCUT2D eigenvalue weighted by molar-refractivity contribution is -0.385. The summed E-state index contributed by atoms with van der Waals surface area (Å²) in [4.78, 5) is 21.9. The van der Waals surface area contributed by atoms with Gasteiger partial charge in [-0.05, 0) is 50.1 Å². The van der Waals surface area contributed by atoms with Crippen LogP contribution in [0.2, 0.25) is 0 Å². The molecule has 3 rings (SSSR count). The van der Waals surface area contributed by atoms with Gasteiger partial charge in [-0.3, -0.25) is 19.6 Å². The molecule has 0 unspecified atom stereocenters. The quantitative estimate of drug-likeness (QED) is 0.594. The molecule has 9 heteroatoms. The van der Waals surface area contributed by atoms with Gasteiger partial charge in [0, 0.05) is 28.9 Å². The highest BCUT2D eigenvalue weighted by Gasteiger charge is 2.29. The van der Waals surface area contributed by atoms with Crippen molar-refractivity contribution in [1.82, 2.24) is 0 Å². The van der Waals surface area contributed by atoms with Crippen LogP contribution in [0, 0.1) is 23.0 Å². The van der Waals surface area contributed by atoms with Gasteiger partial charge in [-0.25, -0.2) is 8.42 Å². The highest BCUT2D eigenvalue weighted by atomic mass is 32.2. The summed E-state index contributed by atoms with van der Waals surface area (Å²) >= 11 is 0. The van der Waals surface area contributed by atoms with E-state index in [9.17, 15) is 23.3 Å². The predicted octanol–water partition coefficient (Wildman–Crippen LogP) is 3.05. The van der Waals surface area contributed by atoms with Gasteiger partial charge in [0.25, 0.3) is 15.7 Å². The first-order chi connectivity index (χ1) is 12.3. The molecule has 0 aliphatic heterocycles. The zero-order chi connectivity index (χ0) is 18.9. The summed E-state index contributed by atoms with van der Waals surface area (Å²) < 4.78 is 27.3. The molecule has 1 saturated carbocycles. The van der Waals surface area contributed by atoms with Crippen LogP contribution in [0.4, 0.5) is 17.1 Å². The third kappa shape index (κ3) is 3.99. The number of anilines is 2. The molecule has 8 nitrogen and oxygen atoms in total. The molecule has 2 N–H and O–H groups in total. The number of hydrogen-bond acceptors (Lipinski definition) is 5. The van der Waals surface area contributed by atoms with Crippen molar-refractivity contribution in [1.29, 1.82) is 0 Å². The number of carbonyl (C=O) groups is 1. The van der Waals surface area contributed by atoms with Gasteiger partial charge in [0.15, 0.2) is 0 Å². The molecule has 0 bridgehead atoms. The Hall–Kier alpha value is -2.94. The number of amides is 1. The number of nitrogens with one attached hydrogen (secondary N) is 2. The standard InChI is InChI=1S/C17H17N3O5S/c1-11-2-9-15(10-16(11)20(22)23)26(24,25)19-14-7-5-13(6-8-14)18-17(21)12-3-4-12/h2,5-10,12,19H,3-4H2,1H3,(H,18,21). The van der Waals surface area contributed by atoms with Crippen LogP contribution in [0.3, 0.4) is 0 Å². The SMILES string of the molecule is Cc1ccc(S(=O)(=O)Nc2ccc(NC(=O)C3CC3)cc2)cc1[N+](=O)[O-]. The summed E-state index contributed by atoms with van der Waals surface area (Å²) in [5, 5.41) is 13.8. The van der Waals surface area contributed by atoms with Crippen LogP contribution in [0.25, 0.3) is 0 Å². The largest absolute Gasteiger partial charge is 0.326 e. The minimum atomic E-state index is -3.97. The molecule has 1 amide bonds. The fourth-order valence-electron chi connectivity index (χ4n) is 2.38. The zero-order valence-corrected chi connectivity index (χ0v) is 14.7. The molecule has 1 aliphatic carbocycles. The Morgan fingerprint density at radius 1 is 1.12 bits per heavy atom. The van der Waals surface area contributed by atoms with E-state index >= 15 is 0 Å². The van der Waals surface area contributed by atoms with E-state index in [0.717, 1.165) is 18.9 Å². The van der Waals surface area contributed by atoms with E-state index in [1.54, 1.807) is 12.1 Å². The van der Waals surface area contributed by atoms with Gasteiger partial charge in [-0.1, -0.05) is 6.07 Å². The molecule has 0 aromatic heterocycles. The van der Waals surface area contributed by atoms with Crippen molar-refractivity contribution >= 4 is 33.0 Å². The number of sulfonamides is 1. The summed E-state index contributed by atoms with van der Waals surface area (Å²) in [5.41, 5.74) is 0.990. The number of nitro groups is 1. The minimum Gasteiger partial charge on any atom is -0.326 e. The summed E-state index contributed by atoms with van der Waals surface area (Å²) in [6, 6.07) is 9.96. The number of nitro benzene ring substituents is 1. The lowest BCUT2D eigenvalue weighted by Gasteiger charge is -2.10. The Labute approximate surface area is 150 Å². The normalized spacial score (nSPS) is 13.9. The Bertz CT molecular complexity index is 966. The van der Waals surface area contributed by atoms with E-state index in [-0.39, 0.29) is 28.1 Å². The van der Waals surface area contributed by atoms with Crippen molar-refractivity contribution in [3.05, 3.63) is 58.1 Å². The van der Waals surface area contributed by atoms with E-state index in [4.69, 9.17) is 0 Å². The minimum absolute atomic E-state index is 0.0368. The second-order valence-corrected chi connectivity index (χ2v) is 7.83. The molecule has 0 atom stereocenters. The van der Waals surface area contributed by atoms with E-state index < -0.39 is 14.9 Å². The maximum Gasteiger partial charge on any atom is 0.273 e. The van der Waals surface area contributed by atoms with Crippen LogP contribution in [0.1, 0.15) is 18.4 Å². The second-order valence-electron chi connectivity index (χ2n) is 6.15. The first-order valence-corrected chi connectivity index (χ1v) is 9.43. The molecule has 1 aliphatic rings. The fraction of sp³-hybridized carbons (Fsp3) is 0.235. The van der Waals surface area contributed by atoms with Crippen molar-refractivity contribution in [3.63, 3.8) is 0 Å². The van der Waals surface area contributed by atoms with Crippen LogP contribution in [0.5, 0.6) is 0 Å². The maximum atomic E-state index is 12.4. The Kier molecular flexibility index (Phi) is 4.64. The highest BCUT2D eigenvalue weighted by molar-refractivity contribution is 7.92. The van der Waals surface area contributed by atoms with Crippen LogP contribution in [0.15, 0.2) is 47.4 Å². The zero-order valence-electron chi connectivity index (χ0n) is 13.9. The summed E-state index contributed by atoms with van der Waals surface area (Å²) in [5.74, 6) is 0.0378. The van der Waals surface area contributed by atoms with E-state index in [0.29, 0.717) is 11.3 Å². The topological polar surface area (TPSA) is 118 Å². The highest BCUT2D eigenvalue weighted by Crippen LogP contribution is 2.30. The lowest BCUT2D eigenvalue weighted by atomic mass is 10.2. The lowest BCUT2D eigenvalue weighted by Crippen LogP contribution is -2.14. The Morgan fingerprint density at radius 3 is 2.31 bits per heavy atom. The smallest absolute Gasteiger partial charge is 0.273 e. The molecule has 1 fully saturated rings. The van der Waals surface area contributed by atoms with E-state index in [1.807, 2.05) is 0 Å². The molecular weight excluding hydrogens is 358 g/mol. The number of carbonyl (C=O) groups excluding carboxylic acids is 1. The number of benzene rings is 2. The number of hydrogen-bond donors (Lipinski definition) is 2. The molecule has 0 heterocycles. The van der Waals surface area contributed by atoms with Gasteiger partial charge in [0.05, 0.1) is 9.82 Å². The van der Waals surface area contributed by atoms with Crippen molar-refractivity contribution in [2.45, 2.75) is 24.7 Å². The average molecular weight is 375 g/mol. The monoisotopic (exact) mass is 375 g/mol. The van der Waals surface area contributed by atoms with Crippen LogP contribution < -0.4 is 10.0 Å². The van der Waals surface area contributed by atoms with Crippen molar-refractivity contribution in [2.24, 2.45) is 5.92 Å². The first kappa shape index (κ1) is 17.9. The average Bonchev–Trinajstić information content (AvgIpc) is 3.41. The molecule has 26 heavy (non-hydrogen) atoms. The van der Waals surface area contributed by atoms with Gasteiger partial charge in [0.1, 0.15) is 0 Å². The number of aryl methyl sites for hydroxylation is 1. The van der Waals surface area contributed by atoms with Crippen molar-refractivity contribution in [3.8, 4) is 0 Å². The summed E-state index contributed by atoms with van der Waals surface area (Å²) in [6.07, 6.45) is 1.79. The summed E-state index contributed by atoms with van der Waals surface area (Å²) in [7, 11) is -3.97.